The molecule has 2 aromatic carbocycles. The first-order valence-corrected chi connectivity index (χ1v) is 9.05. The van der Waals surface area contributed by atoms with Crippen molar-refractivity contribution < 1.29 is 22.7 Å². The van der Waals surface area contributed by atoms with Crippen molar-refractivity contribution in [2.75, 3.05) is 0 Å². The molecule has 0 fully saturated rings. The van der Waals surface area contributed by atoms with Crippen LogP contribution in [0.4, 0.5) is 13.2 Å². The molecule has 0 aliphatic rings. The molecule has 2 rings (SSSR count). The molecular weight excluding hydrogens is 361 g/mol. The number of ether oxygens (including phenoxy) is 1. The van der Waals surface area contributed by atoms with Gasteiger partial charge in [-0.2, -0.15) is 13.2 Å². The summed E-state index contributed by atoms with van der Waals surface area (Å²) in [5.41, 5.74) is 2.30. The van der Waals surface area contributed by atoms with Gasteiger partial charge in [0.25, 0.3) is 0 Å². The van der Waals surface area contributed by atoms with Crippen LogP contribution in [0.5, 0.6) is 5.75 Å². The Bertz CT molecular complexity index is 813. The van der Waals surface area contributed by atoms with Crippen LogP contribution in [0.25, 0.3) is 0 Å². The summed E-state index contributed by atoms with van der Waals surface area (Å²) in [6.45, 7) is 6.94. The molecule has 0 aliphatic carbocycles. The van der Waals surface area contributed by atoms with Crippen LogP contribution in [0, 0.1) is 13.8 Å². The van der Waals surface area contributed by atoms with Crippen molar-refractivity contribution in [3.63, 3.8) is 0 Å². The van der Waals surface area contributed by atoms with E-state index in [1.54, 1.807) is 0 Å². The summed E-state index contributed by atoms with van der Waals surface area (Å²) in [7, 11) is 0. The summed E-state index contributed by atoms with van der Waals surface area (Å²) < 4.78 is 45.9. The van der Waals surface area contributed by atoms with Crippen molar-refractivity contribution >= 4 is 16.9 Å². The standard InChI is InChI=1S/C20H21F3O2S/c1-5-15-9-13(3)18(10-12(15)2)25-11-16-17(20(21,22)23)7-6-8-19(16)26-14(4)24/h6-10H,5,11H2,1-4H3. The molecule has 0 N–H and O–H groups in total. The molecule has 0 unspecified atom stereocenters. The molecule has 6 heteroatoms. The van der Waals surface area contributed by atoms with Crippen LogP contribution in [0.15, 0.2) is 35.2 Å². The molecule has 26 heavy (non-hydrogen) atoms. The van der Waals surface area contributed by atoms with Crippen LogP contribution >= 0.6 is 11.8 Å². The SMILES string of the molecule is CCc1cc(C)c(OCc2c(SC(C)=O)cccc2C(F)(F)F)cc1C. The Balaban J connectivity index is 2.39. The van der Waals surface area contributed by atoms with Gasteiger partial charge in [-0.05, 0) is 55.2 Å². The van der Waals surface area contributed by atoms with E-state index in [1.165, 1.54) is 24.6 Å². The summed E-state index contributed by atoms with van der Waals surface area (Å²) >= 11 is 0.785. The highest BCUT2D eigenvalue weighted by molar-refractivity contribution is 8.13. The van der Waals surface area contributed by atoms with E-state index in [-0.39, 0.29) is 22.2 Å². The Hall–Kier alpha value is -1.95. The molecular formula is C20H21F3O2S. The van der Waals surface area contributed by atoms with E-state index >= 15 is 0 Å². The van der Waals surface area contributed by atoms with Gasteiger partial charge >= 0.3 is 6.18 Å². The summed E-state index contributed by atoms with van der Waals surface area (Å²) in [5.74, 6) is 0.551. The summed E-state index contributed by atoms with van der Waals surface area (Å²) in [4.78, 5) is 11.7. The molecule has 0 spiro atoms. The Morgan fingerprint density at radius 1 is 1.15 bits per heavy atom. The summed E-state index contributed by atoms with van der Waals surface area (Å²) in [5, 5.41) is -0.273. The molecule has 0 heterocycles. The zero-order chi connectivity index (χ0) is 19.5. The molecule has 0 saturated carbocycles. The van der Waals surface area contributed by atoms with Crippen molar-refractivity contribution in [2.24, 2.45) is 0 Å². The fourth-order valence-electron chi connectivity index (χ4n) is 2.77. The highest BCUT2D eigenvalue weighted by atomic mass is 32.2. The molecule has 0 bridgehead atoms. The zero-order valence-electron chi connectivity index (χ0n) is 15.2. The van der Waals surface area contributed by atoms with Crippen LogP contribution in [0.2, 0.25) is 0 Å². The zero-order valence-corrected chi connectivity index (χ0v) is 16.0. The predicted molar refractivity (Wildman–Crippen MR) is 97.6 cm³/mol. The van der Waals surface area contributed by atoms with E-state index in [4.69, 9.17) is 4.74 Å². The lowest BCUT2D eigenvalue weighted by molar-refractivity contribution is -0.138. The lowest BCUT2D eigenvalue weighted by Crippen LogP contribution is -2.12. The maximum Gasteiger partial charge on any atom is 0.416 e. The van der Waals surface area contributed by atoms with E-state index in [9.17, 15) is 18.0 Å². The second-order valence-corrected chi connectivity index (χ2v) is 7.28. The lowest BCUT2D eigenvalue weighted by Gasteiger charge is -2.18. The van der Waals surface area contributed by atoms with Gasteiger partial charge in [0.2, 0.25) is 0 Å². The number of carbonyl (C=O) groups is 1. The molecule has 0 amide bonds. The molecule has 0 atom stereocenters. The minimum absolute atomic E-state index is 0.0168. The lowest BCUT2D eigenvalue weighted by atomic mass is 10.0. The second kappa shape index (κ2) is 8.16. The quantitative estimate of drug-likeness (QED) is 0.584. The van der Waals surface area contributed by atoms with Gasteiger partial charge in [-0.25, -0.2) is 0 Å². The van der Waals surface area contributed by atoms with Crippen molar-refractivity contribution in [3.8, 4) is 5.75 Å². The van der Waals surface area contributed by atoms with Gasteiger partial charge in [0.15, 0.2) is 5.12 Å². The maximum absolute atomic E-state index is 13.4. The Labute approximate surface area is 155 Å². The maximum atomic E-state index is 13.4. The topological polar surface area (TPSA) is 26.3 Å². The predicted octanol–water partition coefficient (Wildman–Crippen LogP) is 6.10. The molecule has 0 saturated heterocycles. The number of benzene rings is 2. The summed E-state index contributed by atoms with van der Waals surface area (Å²) in [6, 6.07) is 7.68. The van der Waals surface area contributed by atoms with Crippen molar-refractivity contribution in [1.82, 2.24) is 0 Å². The van der Waals surface area contributed by atoms with Crippen molar-refractivity contribution in [1.29, 1.82) is 0 Å². The van der Waals surface area contributed by atoms with Gasteiger partial charge in [0.05, 0.1) is 5.56 Å². The van der Waals surface area contributed by atoms with Crippen molar-refractivity contribution in [2.45, 2.75) is 51.8 Å². The molecule has 2 nitrogen and oxygen atoms in total. The van der Waals surface area contributed by atoms with Gasteiger partial charge in [0, 0.05) is 17.4 Å². The van der Waals surface area contributed by atoms with Crippen LogP contribution in [-0.2, 0) is 24.0 Å². The van der Waals surface area contributed by atoms with Crippen LogP contribution < -0.4 is 4.74 Å². The van der Waals surface area contributed by atoms with E-state index in [0.717, 1.165) is 35.4 Å². The minimum atomic E-state index is -4.51. The Kier molecular flexibility index (Phi) is 6.39. The highest BCUT2D eigenvalue weighted by Gasteiger charge is 2.34. The Morgan fingerprint density at radius 3 is 2.42 bits per heavy atom. The number of thioether (sulfide) groups is 1. The van der Waals surface area contributed by atoms with Crippen LogP contribution in [0.3, 0.4) is 0 Å². The third-order valence-corrected chi connectivity index (χ3v) is 4.97. The average molecular weight is 382 g/mol. The first-order valence-electron chi connectivity index (χ1n) is 8.24. The minimum Gasteiger partial charge on any atom is -0.489 e. The number of hydrogen-bond acceptors (Lipinski definition) is 3. The molecule has 0 radical (unpaired) electrons. The molecule has 2 aromatic rings. The van der Waals surface area contributed by atoms with E-state index in [0.29, 0.717) is 5.75 Å². The Morgan fingerprint density at radius 2 is 1.85 bits per heavy atom. The van der Waals surface area contributed by atoms with E-state index in [1.807, 2.05) is 32.9 Å². The number of alkyl halides is 3. The highest BCUT2D eigenvalue weighted by Crippen LogP contribution is 2.37. The number of rotatable bonds is 5. The first kappa shape index (κ1) is 20.4. The third kappa shape index (κ3) is 4.81. The van der Waals surface area contributed by atoms with Gasteiger partial charge in [-0.3, -0.25) is 4.79 Å². The number of aryl methyl sites for hydroxylation is 3. The van der Waals surface area contributed by atoms with Gasteiger partial charge < -0.3 is 4.74 Å². The monoisotopic (exact) mass is 382 g/mol. The molecule has 0 aromatic heterocycles. The summed E-state index contributed by atoms with van der Waals surface area (Å²) in [6.07, 6.45) is -3.63. The second-order valence-electron chi connectivity index (χ2n) is 6.06. The van der Waals surface area contributed by atoms with E-state index in [2.05, 4.69) is 0 Å². The molecule has 140 valence electrons. The first-order chi connectivity index (χ1) is 12.1. The smallest absolute Gasteiger partial charge is 0.416 e. The van der Waals surface area contributed by atoms with Gasteiger partial charge in [-0.1, -0.05) is 30.8 Å². The van der Waals surface area contributed by atoms with Crippen LogP contribution in [-0.4, -0.2) is 5.12 Å². The average Bonchev–Trinajstić information content (AvgIpc) is 2.54. The fraction of sp³-hybridized carbons (Fsp3) is 0.350. The largest absolute Gasteiger partial charge is 0.489 e. The number of carbonyl (C=O) groups excluding carboxylic acids is 1. The third-order valence-electron chi connectivity index (χ3n) is 4.08. The number of halogens is 3. The van der Waals surface area contributed by atoms with Crippen LogP contribution in [0.1, 0.15) is 41.7 Å². The normalized spacial score (nSPS) is 11.5. The van der Waals surface area contributed by atoms with E-state index < -0.39 is 11.7 Å². The fourth-order valence-corrected chi connectivity index (χ4v) is 3.51. The van der Waals surface area contributed by atoms with Gasteiger partial charge in [0.1, 0.15) is 12.4 Å². The number of hydrogen-bond donors (Lipinski definition) is 0. The van der Waals surface area contributed by atoms with Crippen molar-refractivity contribution in [3.05, 3.63) is 58.1 Å². The van der Waals surface area contributed by atoms with Gasteiger partial charge in [-0.15, -0.1) is 0 Å². The molecule has 0 aliphatic heterocycles.